The molecule has 0 atom stereocenters. The molecule has 0 radical (unpaired) electrons. The molecule has 150 valence electrons. The van der Waals surface area contributed by atoms with Gasteiger partial charge in [-0.2, -0.15) is 0 Å². The maximum Gasteiger partial charge on any atom is 0.349 e. The third-order valence-corrected chi connectivity index (χ3v) is 4.20. The number of fused-ring (bicyclic) bond motifs is 1. The van der Waals surface area contributed by atoms with E-state index in [1.54, 1.807) is 30.3 Å². The highest BCUT2D eigenvalue weighted by Gasteiger charge is 2.14. The van der Waals surface area contributed by atoms with Gasteiger partial charge in [0.25, 0.3) is 5.91 Å². The van der Waals surface area contributed by atoms with Crippen molar-refractivity contribution >= 4 is 22.8 Å². The molecule has 0 fully saturated rings. The second kappa shape index (κ2) is 8.60. The first-order chi connectivity index (χ1) is 13.8. The van der Waals surface area contributed by atoms with Crippen LogP contribution in [0, 0.1) is 5.92 Å². The lowest BCUT2D eigenvalue weighted by atomic mass is 10.1. The van der Waals surface area contributed by atoms with E-state index in [0.29, 0.717) is 28.8 Å². The highest BCUT2D eigenvalue weighted by atomic mass is 16.5. The molecule has 1 heterocycles. The Kier molecular flexibility index (Phi) is 5.97. The van der Waals surface area contributed by atoms with Crippen LogP contribution in [-0.2, 0) is 6.61 Å². The summed E-state index contributed by atoms with van der Waals surface area (Å²) in [5, 5.41) is 12.3. The predicted molar refractivity (Wildman–Crippen MR) is 107 cm³/mol. The van der Waals surface area contributed by atoms with E-state index in [0.717, 1.165) is 0 Å². The minimum Gasteiger partial charge on any atom is -0.489 e. The minimum absolute atomic E-state index is 0.0442. The molecule has 0 saturated carbocycles. The monoisotopic (exact) mass is 395 g/mol. The standard InChI is InChI=1S/C22H21NO6/c1-13(2)11-23-20(24)18-9-15-6-7-17(10-19(15)29-22(18)27)28-12-14-4-3-5-16(8-14)21(25)26/h3-10,13H,11-12H2,1-2H3,(H,23,24)(H,25,26). The zero-order valence-corrected chi connectivity index (χ0v) is 16.1. The number of carboxylic acid groups (broad SMARTS) is 1. The topological polar surface area (TPSA) is 106 Å². The van der Waals surface area contributed by atoms with Gasteiger partial charge in [0.2, 0.25) is 0 Å². The smallest absolute Gasteiger partial charge is 0.349 e. The first kappa shape index (κ1) is 20.1. The number of nitrogens with one attached hydrogen (secondary N) is 1. The second-order valence-corrected chi connectivity index (χ2v) is 7.05. The lowest BCUT2D eigenvalue weighted by Gasteiger charge is -2.09. The molecule has 0 spiro atoms. The Morgan fingerprint density at radius 3 is 2.66 bits per heavy atom. The second-order valence-electron chi connectivity index (χ2n) is 7.05. The van der Waals surface area contributed by atoms with E-state index in [9.17, 15) is 14.4 Å². The molecule has 0 bridgehead atoms. The van der Waals surface area contributed by atoms with E-state index >= 15 is 0 Å². The van der Waals surface area contributed by atoms with Gasteiger partial charge in [-0.15, -0.1) is 0 Å². The summed E-state index contributed by atoms with van der Waals surface area (Å²) < 4.78 is 11.0. The van der Waals surface area contributed by atoms with E-state index in [1.807, 2.05) is 13.8 Å². The molecule has 0 unspecified atom stereocenters. The summed E-state index contributed by atoms with van der Waals surface area (Å²) in [6, 6.07) is 12.9. The van der Waals surface area contributed by atoms with Crippen LogP contribution in [0.2, 0.25) is 0 Å². The fourth-order valence-electron chi connectivity index (χ4n) is 2.69. The molecular weight excluding hydrogens is 374 g/mol. The zero-order valence-electron chi connectivity index (χ0n) is 16.1. The summed E-state index contributed by atoms with van der Waals surface area (Å²) >= 11 is 0. The Bertz CT molecular complexity index is 1120. The van der Waals surface area contributed by atoms with Crippen molar-refractivity contribution in [1.82, 2.24) is 5.32 Å². The van der Waals surface area contributed by atoms with Crippen molar-refractivity contribution in [3.8, 4) is 5.75 Å². The average molecular weight is 395 g/mol. The number of amides is 1. The van der Waals surface area contributed by atoms with Gasteiger partial charge in [-0.05, 0) is 41.8 Å². The summed E-state index contributed by atoms with van der Waals surface area (Å²) in [6.45, 7) is 4.55. The van der Waals surface area contributed by atoms with Gasteiger partial charge in [-0.1, -0.05) is 26.0 Å². The van der Waals surface area contributed by atoms with Crippen LogP contribution in [0.5, 0.6) is 5.75 Å². The van der Waals surface area contributed by atoms with Crippen molar-refractivity contribution in [1.29, 1.82) is 0 Å². The molecule has 3 aromatic rings. The SMILES string of the molecule is CC(C)CNC(=O)c1cc2ccc(OCc3cccc(C(=O)O)c3)cc2oc1=O. The first-order valence-corrected chi connectivity index (χ1v) is 9.14. The first-order valence-electron chi connectivity index (χ1n) is 9.14. The highest BCUT2D eigenvalue weighted by molar-refractivity contribution is 5.96. The maximum atomic E-state index is 12.2. The van der Waals surface area contributed by atoms with Crippen LogP contribution in [0.3, 0.4) is 0 Å². The zero-order chi connectivity index (χ0) is 21.0. The predicted octanol–water partition coefficient (Wildman–Crippen LogP) is 3.46. The van der Waals surface area contributed by atoms with E-state index < -0.39 is 17.5 Å². The van der Waals surface area contributed by atoms with Gasteiger partial charge in [-0.3, -0.25) is 4.79 Å². The van der Waals surface area contributed by atoms with Crippen LogP contribution in [-0.4, -0.2) is 23.5 Å². The number of carbonyl (C=O) groups is 2. The maximum absolute atomic E-state index is 12.2. The molecule has 29 heavy (non-hydrogen) atoms. The average Bonchev–Trinajstić information content (AvgIpc) is 2.70. The number of carbonyl (C=O) groups excluding carboxylic acids is 1. The molecule has 0 aliphatic heterocycles. The van der Waals surface area contributed by atoms with Crippen LogP contribution in [0.1, 0.15) is 40.1 Å². The number of benzene rings is 2. The molecular formula is C22H21NO6. The number of hydrogen-bond donors (Lipinski definition) is 2. The van der Waals surface area contributed by atoms with Crippen molar-refractivity contribution in [3.05, 3.63) is 75.6 Å². The lowest BCUT2D eigenvalue weighted by Crippen LogP contribution is -2.31. The van der Waals surface area contributed by atoms with Crippen LogP contribution in [0.4, 0.5) is 0 Å². The van der Waals surface area contributed by atoms with Crippen LogP contribution in [0.15, 0.2) is 57.7 Å². The Labute approximate surface area is 166 Å². The number of hydrogen-bond acceptors (Lipinski definition) is 5. The molecule has 2 N–H and O–H groups in total. The van der Waals surface area contributed by atoms with Crippen molar-refractivity contribution in [3.63, 3.8) is 0 Å². The molecule has 0 saturated heterocycles. The molecule has 0 aliphatic rings. The van der Waals surface area contributed by atoms with Gasteiger partial charge in [0.05, 0.1) is 5.56 Å². The van der Waals surface area contributed by atoms with Crippen molar-refractivity contribution in [2.24, 2.45) is 5.92 Å². The number of ether oxygens (including phenoxy) is 1. The largest absolute Gasteiger partial charge is 0.489 e. The van der Waals surface area contributed by atoms with E-state index in [2.05, 4.69) is 5.32 Å². The van der Waals surface area contributed by atoms with E-state index in [1.165, 1.54) is 18.2 Å². The van der Waals surface area contributed by atoms with Crippen molar-refractivity contribution in [2.45, 2.75) is 20.5 Å². The summed E-state index contributed by atoms with van der Waals surface area (Å²) in [4.78, 5) is 35.4. The Hall–Kier alpha value is -3.61. The van der Waals surface area contributed by atoms with Gasteiger partial charge in [0.1, 0.15) is 23.5 Å². The lowest BCUT2D eigenvalue weighted by molar-refractivity contribution is 0.0696. The van der Waals surface area contributed by atoms with Gasteiger partial charge in [0, 0.05) is 18.0 Å². The highest BCUT2D eigenvalue weighted by Crippen LogP contribution is 2.21. The Morgan fingerprint density at radius 2 is 1.93 bits per heavy atom. The third kappa shape index (κ3) is 5.01. The quantitative estimate of drug-likeness (QED) is 0.594. The summed E-state index contributed by atoms with van der Waals surface area (Å²) in [5.41, 5.74) is 0.414. The molecule has 2 aromatic carbocycles. The number of carboxylic acids is 1. The fraction of sp³-hybridized carbons (Fsp3) is 0.227. The Morgan fingerprint density at radius 1 is 1.14 bits per heavy atom. The van der Waals surface area contributed by atoms with Gasteiger partial charge >= 0.3 is 11.6 Å². The summed E-state index contributed by atoms with van der Waals surface area (Å²) in [7, 11) is 0. The van der Waals surface area contributed by atoms with Crippen LogP contribution < -0.4 is 15.7 Å². The van der Waals surface area contributed by atoms with Crippen molar-refractivity contribution in [2.75, 3.05) is 6.54 Å². The molecule has 3 rings (SSSR count). The van der Waals surface area contributed by atoms with E-state index in [-0.39, 0.29) is 23.7 Å². The molecule has 1 amide bonds. The van der Waals surface area contributed by atoms with E-state index in [4.69, 9.17) is 14.3 Å². The van der Waals surface area contributed by atoms with Gasteiger partial charge in [-0.25, -0.2) is 9.59 Å². The summed E-state index contributed by atoms with van der Waals surface area (Å²) in [6.07, 6.45) is 0. The van der Waals surface area contributed by atoms with Crippen LogP contribution in [0.25, 0.3) is 11.0 Å². The number of rotatable bonds is 7. The Balaban J connectivity index is 1.77. The normalized spacial score (nSPS) is 10.9. The minimum atomic E-state index is -1.01. The molecule has 7 nitrogen and oxygen atoms in total. The van der Waals surface area contributed by atoms with Gasteiger partial charge in [0.15, 0.2) is 0 Å². The van der Waals surface area contributed by atoms with Gasteiger partial charge < -0.3 is 19.6 Å². The summed E-state index contributed by atoms with van der Waals surface area (Å²) in [5.74, 6) is -0.749. The molecule has 7 heteroatoms. The van der Waals surface area contributed by atoms with Crippen LogP contribution >= 0.6 is 0 Å². The third-order valence-electron chi connectivity index (χ3n) is 4.20. The number of aromatic carboxylic acids is 1. The molecule has 0 aliphatic carbocycles. The van der Waals surface area contributed by atoms with Crippen molar-refractivity contribution < 1.29 is 23.8 Å². The molecule has 1 aromatic heterocycles. The fourth-order valence-corrected chi connectivity index (χ4v) is 2.69.